The van der Waals surface area contributed by atoms with Crippen LogP contribution in [0.4, 0.5) is 0 Å². The zero-order valence-corrected chi connectivity index (χ0v) is 13.7. The molecule has 0 nitrogen and oxygen atoms in total. The van der Waals surface area contributed by atoms with E-state index < -0.39 is 0 Å². The lowest BCUT2D eigenvalue weighted by molar-refractivity contribution is 0.0600. The Morgan fingerprint density at radius 3 is 1.37 bits per heavy atom. The maximum absolute atomic E-state index is 2.55. The summed E-state index contributed by atoms with van der Waals surface area (Å²) in [6.07, 6.45) is 7.80. The maximum atomic E-state index is 2.55. The number of rotatable bonds is 6. The van der Waals surface area contributed by atoms with Crippen molar-refractivity contribution in [2.24, 2.45) is 53.3 Å². The van der Waals surface area contributed by atoms with Crippen molar-refractivity contribution in [3.8, 4) is 0 Å². The van der Waals surface area contributed by atoms with E-state index in [9.17, 15) is 0 Å². The van der Waals surface area contributed by atoms with Crippen molar-refractivity contribution >= 4 is 0 Å². The topological polar surface area (TPSA) is 0 Å². The highest BCUT2D eigenvalue weighted by molar-refractivity contribution is 4.98. The highest BCUT2D eigenvalue weighted by Crippen LogP contribution is 2.57. The quantitative estimate of drug-likeness (QED) is 0.582. The van der Waals surface area contributed by atoms with Gasteiger partial charge in [-0.1, -0.05) is 34.6 Å². The highest BCUT2D eigenvalue weighted by atomic mass is 14.5. The lowest BCUT2D eigenvalue weighted by Crippen LogP contribution is -2.35. The molecule has 3 rings (SSSR count). The largest absolute Gasteiger partial charge is 0.0625 e. The lowest BCUT2D eigenvalue weighted by atomic mass is 9.62. The first kappa shape index (κ1) is 14.0. The van der Waals surface area contributed by atoms with Crippen molar-refractivity contribution < 1.29 is 0 Å². The van der Waals surface area contributed by atoms with Crippen LogP contribution >= 0.6 is 0 Å². The van der Waals surface area contributed by atoms with Crippen LogP contribution < -0.4 is 0 Å². The van der Waals surface area contributed by atoms with Crippen LogP contribution in [-0.2, 0) is 0 Å². The van der Waals surface area contributed by atoms with Gasteiger partial charge in [-0.2, -0.15) is 0 Å². The van der Waals surface area contributed by atoms with Gasteiger partial charge in [0, 0.05) is 0 Å². The summed E-state index contributed by atoms with van der Waals surface area (Å²) in [5.74, 6) is 9.49. The van der Waals surface area contributed by atoms with Crippen LogP contribution in [0.1, 0.15) is 66.7 Å². The summed E-state index contributed by atoms with van der Waals surface area (Å²) < 4.78 is 0. The fourth-order valence-electron chi connectivity index (χ4n) is 5.12. The Labute approximate surface area is 120 Å². The average molecular weight is 262 g/mol. The third-order valence-electron chi connectivity index (χ3n) is 6.97. The van der Waals surface area contributed by atoms with E-state index in [2.05, 4.69) is 34.6 Å². The van der Waals surface area contributed by atoms with Crippen LogP contribution in [-0.4, -0.2) is 0 Å². The fraction of sp³-hybridized carbons (Fsp3) is 1.00. The molecule has 3 saturated carbocycles. The third-order valence-corrected chi connectivity index (χ3v) is 6.97. The Morgan fingerprint density at radius 1 is 0.684 bits per heavy atom. The minimum Gasteiger partial charge on any atom is -0.0625 e. The molecule has 0 N–H and O–H groups in total. The molecule has 6 atom stereocenters. The molecule has 0 heteroatoms. The molecule has 0 bridgehead atoms. The molecule has 0 saturated heterocycles. The molecule has 3 aliphatic carbocycles. The van der Waals surface area contributed by atoms with Crippen LogP contribution in [0.15, 0.2) is 0 Å². The Hall–Kier alpha value is 0. The molecule has 3 aliphatic rings. The van der Waals surface area contributed by atoms with Gasteiger partial charge in [0.05, 0.1) is 0 Å². The van der Waals surface area contributed by atoms with Gasteiger partial charge in [-0.25, -0.2) is 0 Å². The molecule has 0 aliphatic heterocycles. The first-order valence-electron chi connectivity index (χ1n) is 8.97. The molecule has 0 radical (unpaired) electrons. The minimum absolute atomic E-state index is 0.939. The van der Waals surface area contributed by atoms with Crippen molar-refractivity contribution in [3.05, 3.63) is 0 Å². The smallest absolute Gasteiger partial charge is 0.0360 e. The van der Waals surface area contributed by atoms with Gasteiger partial charge < -0.3 is 0 Å². The monoisotopic (exact) mass is 262 g/mol. The van der Waals surface area contributed by atoms with Gasteiger partial charge in [0.2, 0.25) is 0 Å². The van der Waals surface area contributed by atoms with E-state index in [0.29, 0.717) is 0 Å². The standard InChI is InChI=1S/C19H34/c1-11(2)18-9-16(18)7-14-6-15(13(14)5)8-17-10-19(17)12(3)4/h11-19H,6-10H2,1-5H3. The Bertz CT molecular complexity index is 286. The third kappa shape index (κ3) is 2.88. The normalized spacial score (nSPS) is 48.5. The summed E-state index contributed by atoms with van der Waals surface area (Å²) in [5, 5.41) is 0. The fourth-order valence-corrected chi connectivity index (χ4v) is 5.12. The molecule has 0 heterocycles. The van der Waals surface area contributed by atoms with E-state index in [4.69, 9.17) is 0 Å². The SMILES string of the molecule is CC(C)C1CC1CC1CC(CC2CC2C(C)C)C1C. The predicted molar refractivity (Wildman–Crippen MR) is 82.9 cm³/mol. The van der Waals surface area contributed by atoms with Crippen LogP contribution in [0.2, 0.25) is 0 Å². The van der Waals surface area contributed by atoms with Crippen molar-refractivity contribution in [2.45, 2.75) is 66.7 Å². The molecular formula is C19H34. The summed E-state index contributed by atoms with van der Waals surface area (Å²) in [6.45, 7) is 12.2. The van der Waals surface area contributed by atoms with Gasteiger partial charge in [0.1, 0.15) is 0 Å². The second-order valence-corrected chi connectivity index (χ2v) is 8.89. The van der Waals surface area contributed by atoms with Crippen LogP contribution in [0.3, 0.4) is 0 Å². The van der Waals surface area contributed by atoms with E-state index in [1.165, 1.54) is 0 Å². The molecule has 0 amide bonds. The second-order valence-electron chi connectivity index (χ2n) is 8.89. The molecule has 3 fully saturated rings. The van der Waals surface area contributed by atoms with Gasteiger partial charge in [-0.15, -0.1) is 0 Å². The van der Waals surface area contributed by atoms with Crippen LogP contribution in [0, 0.1) is 53.3 Å². The lowest BCUT2D eigenvalue weighted by Gasteiger charge is -2.44. The van der Waals surface area contributed by atoms with E-state index in [0.717, 1.165) is 53.3 Å². The van der Waals surface area contributed by atoms with Crippen molar-refractivity contribution in [1.82, 2.24) is 0 Å². The summed E-state index contributed by atoms with van der Waals surface area (Å²) in [5.41, 5.74) is 0. The molecule has 0 aromatic carbocycles. The van der Waals surface area contributed by atoms with Gasteiger partial charge in [-0.05, 0) is 85.4 Å². The molecule has 6 unspecified atom stereocenters. The van der Waals surface area contributed by atoms with E-state index in [1.54, 1.807) is 32.1 Å². The number of hydrogen-bond acceptors (Lipinski definition) is 0. The summed E-state index contributed by atoms with van der Waals surface area (Å²) >= 11 is 0. The Morgan fingerprint density at radius 2 is 1.11 bits per heavy atom. The highest BCUT2D eigenvalue weighted by Gasteiger charge is 2.48. The van der Waals surface area contributed by atoms with Crippen molar-refractivity contribution in [2.75, 3.05) is 0 Å². The summed E-state index contributed by atoms with van der Waals surface area (Å²) in [7, 11) is 0. The Kier molecular flexibility index (Phi) is 3.73. The summed E-state index contributed by atoms with van der Waals surface area (Å²) in [6, 6.07) is 0. The zero-order valence-electron chi connectivity index (χ0n) is 13.7. The first-order valence-corrected chi connectivity index (χ1v) is 8.97. The molecule has 0 spiro atoms. The van der Waals surface area contributed by atoms with Crippen molar-refractivity contribution in [1.29, 1.82) is 0 Å². The molecule has 0 aromatic rings. The van der Waals surface area contributed by atoms with E-state index >= 15 is 0 Å². The van der Waals surface area contributed by atoms with Crippen LogP contribution in [0.5, 0.6) is 0 Å². The van der Waals surface area contributed by atoms with E-state index in [1.807, 2.05) is 0 Å². The van der Waals surface area contributed by atoms with Gasteiger partial charge >= 0.3 is 0 Å². The molecule has 0 aromatic heterocycles. The summed E-state index contributed by atoms with van der Waals surface area (Å²) in [4.78, 5) is 0. The Balaban J connectivity index is 1.36. The minimum atomic E-state index is 0.939. The first-order chi connectivity index (χ1) is 8.97. The van der Waals surface area contributed by atoms with Gasteiger partial charge in [0.15, 0.2) is 0 Å². The zero-order chi connectivity index (χ0) is 13.7. The predicted octanol–water partition coefficient (Wildman–Crippen LogP) is 5.62. The number of hydrogen-bond donors (Lipinski definition) is 0. The van der Waals surface area contributed by atoms with Gasteiger partial charge in [-0.3, -0.25) is 0 Å². The van der Waals surface area contributed by atoms with Gasteiger partial charge in [0.25, 0.3) is 0 Å². The van der Waals surface area contributed by atoms with E-state index in [-0.39, 0.29) is 0 Å². The molecular weight excluding hydrogens is 228 g/mol. The average Bonchev–Trinajstić information content (AvgIpc) is 3.21. The molecule has 110 valence electrons. The van der Waals surface area contributed by atoms with Crippen LogP contribution in [0.25, 0.3) is 0 Å². The maximum Gasteiger partial charge on any atom is -0.0360 e. The molecule has 19 heavy (non-hydrogen) atoms. The van der Waals surface area contributed by atoms with Crippen molar-refractivity contribution in [3.63, 3.8) is 0 Å². The second kappa shape index (κ2) is 5.08.